The lowest BCUT2D eigenvalue weighted by atomic mass is 10.2. The summed E-state index contributed by atoms with van der Waals surface area (Å²) in [6, 6.07) is -0.491. The number of aldehydes is 1. The molecular weight excluding hydrogens is 253 g/mol. The summed E-state index contributed by atoms with van der Waals surface area (Å²) in [5.74, 6) is 0.508. The minimum absolute atomic E-state index is 0.192. The Hall–Kier alpha value is -0.910. The van der Waals surface area contributed by atoms with Crippen molar-refractivity contribution in [1.29, 1.82) is 0 Å². The molecule has 1 saturated heterocycles. The second kappa shape index (κ2) is 4.95. The topological polar surface area (TPSA) is 55.3 Å². The quantitative estimate of drug-likeness (QED) is 0.452. The zero-order chi connectivity index (χ0) is 11.5. The molecule has 0 N–H and O–H groups in total. The van der Waals surface area contributed by atoms with E-state index in [1.807, 2.05) is 0 Å². The van der Waals surface area contributed by atoms with Gasteiger partial charge in [0, 0.05) is 12.4 Å². The molecule has 86 valence electrons. The van der Waals surface area contributed by atoms with Crippen LogP contribution in [-0.2, 0) is 9.53 Å². The molecule has 0 spiro atoms. The number of aromatic nitrogens is 2. The fourth-order valence-corrected chi connectivity index (χ4v) is 2.00. The Morgan fingerprint density at radius 1 is 1.50 bits per heavy atom. The van der Waals surface area contributed by atoms with Crippen LogP contribution < -0.4 is 4.90 Å². The fourth-order valence-electron chi connectivity index (χ4n) is 1.49. The molecule has 3 atom stereocenters. The predicted molar refractivity (Wildman–Crippen MR) is 59.6 cm³/mol. The maximum absolute atomic E-state index is 10.9. The molecule has 7 heteroatoms. The Kier molecular flexibility index (Phi) is 3.58. The molecule has 1 aliphatic heterocycles. The number of carbonyl (C=O) groups excluding carboxylic acids is 1. The third-order valence-corrected chi connectivity index (χ3v) is 3.17. The van der Waals surface area contributed by atoms with E-state index in [4.69, 9.17) is 27.9 Å². The summed E-state index contributed by atoms with van der Waals surface area (Å²) in [6.07, 6.45) is 5.36. The second-order valence-corrected chi connectivity index (χ2v) is 4.11. The lowest BCUT2D eigenvalue weighted by molar-refractivity contribution is -0.111. The maximum atomic E-state index is 10.9. The standard InChI is InChI=1S/C9H9Cl2N3O2/c10-8-9(11)16-5-6(4-15)14(8)7-3-12-1-2-13-7/h1-4,6,8-9H,5H2. The third-order valence-electron chi connectivity index (χ3n) is 2.24. The van der Waals surface area contributed by atoms with Crippen molar-refractivity contribution >= 4 is 35.3 Å². The van der Waals surface area contributed by atoms with Crippen molar-refractivity contribution < 1.29 is 9.53 Å². The van der Waals surface area contributed by atoms with Crippen LogP contribution >= 0.6 is 23.2 Å². The van der Waals surface area contributed by atoms with E-state index in [2.05, 4.69) is 9.97 Å². The van der Waals surface area contributed by atoms with Gasteiger partial charge in [-0.25, -0.2) is 4.98 Å². The van der Waals surface area contributed by atoms with E-state index in [1.54, 1.807) is 11.1 Å². The highest BCUT2D eigenvalue weighted by molar-refractivity contribution is 6.30. The van der Waals surface area contributed by atoms with Gasteiger partial charge in [0.1, 0.15) is 23.6 Å². The Morgan fingerprint density at radius 3 is 2.94 bits per heavy atom. The summed E-state index contributed by atoms with van der Waals surface area (Å²) in [6.45, 7) is 0.192. The number of anilines is 1. The van der Waals surface area contributed by atoms with Gasteiger partial charge in [0.15, 0.2) is 5.56 Å². The van der Waals surface area contributed by atoms with Gasteiger partial charge in [-0.15, -0.1) is 0 Å². The Morgan fingerprint density at radius 2 is 2.31 bits per heavy atom. The number of hydrogen-bond acceptors (Lipinski definition) is 5. The Labute approximate surface area is 102 Å². The zero-order valence-corrected chi connectivity index (χ0v) is 9.67. The normalized spacial score (nSPS) is 30.1. The number of nitrogens with zero attached hydrogens (tertiary/aromatic N) is 3. The smallest absolute Gasteiger partial charge is 0.165 e. The summed E-state index contributed by atoms with van der Waals surface area (Å²) >= 11 is 12.0. The van der Waals surface area contributed by atoms with Crippen LogP contribution in [0.4, 0.5) is 5.82 Å². The van der Waals surface area contributed by atoms with E-state index in [-0.39, 0.29) is 6.61 Å². The van der Waals surface area contributed by atoms with Crippen molar-refractivity contribution in [3.05, 3.63) is 18.6 Å². The van der Waals surface area contributed by atoms with Gasteiger partial charge in [-0.1, -0.05) is 23.2 Å². The number of morpholine rings is 1. The van der Waals surface area contributed by atoms with E-state index < -0.39 is 17.1 Å². The van der Waals surface area contributed by atoms with Crippen LogP contribution in [0.2, 0.25) is 0 Å². The zero-order valence-electron chi connectivity index (χ0n) is 8.16. The van der Waals surface area contributed by atoms with Gasteiger partial charge < -0.3 is 14.4 Å². The molecule has 0 radical (unpaired) electrons. The van der Waals surface area contributed by atoms with Gasteiger partial charge in [0.2, 0.25) is 0 Å². The van der Waals surface area contributed by atoms with Crippen LogP contribution in [0.5, 0.6) is 0 Å². The molecule has 1 aliphatic rings. The Bertz CT molecular complexity index is 365. The molecule has 0 saturated carbocycles. The van der Waals surface area contributed by atoms with Crippen LogP contribution in [0.3, 0.4) is 0 Å². The van der Waals surface area contributed by atoms with Crippen LogP contribution in [-0.4, -0.2) is 40.0 Å². The lowest BCUT2D eigenvalue weighted by Gasteiger charge is -2.39. The summed E-state index contributed by atoms with van der Waals surface area (Å²) < 4.78 is 5.16. The molecule has 0 aliphatic carbocycles. The largest absolute Gasteiger partial charge is 0.356 e. The molecule has 16 heavy (non-hydrogen) atoms. The number of ether oxygens (including phenoxy) is 1. The first-order valence-corrected chi connectivity index (χ1v) is 5.50. The van der Waals surface area contributed by atoms with Crippen molar-refractivity contribution in [3.8, 4) is 0 Å². The molecule has 2 rings (SSSR count). The van der Waals surface area contributed by atoms with Gasteiger partial charge in [0.25, 0.3) is 0 Å². The van der Waals surface area contributed by atoms with E-state index in [0.717, 1.165) is 6.29 Å². The average molecular weight is 262 g/mol. The van der Waals surface area contributed by atoms with Crippen LogP contribution in [0.25, 0.3) is 0 Å². The number of carbonyl (C=O) groups is 1. The predicted octanol–water partition coefficient (Wildman–Crippen LogP) is 1.01. The molecule has 2 heterocycles. The summed E-state index contributed by atoms with van der Waals surface area (Å²) in [4.78, 5) is 20.5. The molecule has 0 aromatic carbocycles. The number of hydrogen-bond donors (Lipinski definition) is 0. The van der Waals surface area contributed by atoms with Crippen molar-refractivity contribution in [1.82, 2.24) is 9.97 Å². The van der Waals surface area contributed by atoms with Crippen molar-refractivity contribution in [3.63, 3.8) is 0 Å². The molecule has 1 fully saturated rings. The molecule has 0 bridgehead atoms. The number of halogens is 2. The summed E-state index contributed by atoms with van der Waals surface area (Å²) in [7, 11) is 0. The third kappa shape index (κ3) is 2.11. The van der Waals surface area contributed by atoms with E-state index in [1.165, 1.54) is 12.4 Å². The van der Waals surface area contributed by atoms with Crippen LogP contribution in [0.1, 0.15) is 0 Å². The highest BCUT2D eigenvalue weighted by atomic mass is 35.5. The fraction of sp³-hybridized carbons (Fsp3) is 0.444. The van der Waals surface area contributed by atoms with E-state index in [9.17, 15) is 4.79 Å². The molecule has 1 aromatic heterocycles. The Balaban J connectivity index is 2.30. The van der Waals surface area contributed by atoms with Crippen molar-refractivity contribution in [2.24, 2.45) is 0 Å². The van der Waals surface area contributed by atoms with Crippen molar-refractivity contribution in [2.75, 3.05) is 11.5 Å². The van der Waals surface area contributed by atoms with Gasteiger partial charge in [-0.3, -0.25) is 4.98 Å². The van der Waals surface area contributed by atoms with E-state index >= 15 is 0 Å². The first-order chi connectivity index (χ1) is 7.74. The minimum atomic E-state index is -0.681. The monoisotopic (exact) mass is 261 g/mol. The minimum Gasteiger partial charge on any atom is -0.356 e. The molecule has 0 amide bonds. The number of alkyl halides is 2. The van der Waals surface area contributed by atoms with Crippen molar-refractivity contribution in [2.45, 2.75) is 17.1 Å². The molecule has 1 aromatic rings. The maximum Gasteiger partial charge on any atom is 0.165 e. The van der Waals surface area contributed by atoms with E-state index in [0.29, 0.717) is 5.82 Å². The highest BCUT2D eigenvalue weighted by Crippen LogP contribution is 2.27. The molecule has 3 unspecified atom stereocenters. The lowest BCUT2D eigenvalue weighted by Crippen LogP contribution is -2.54. The first kappa shape index (κ1) is 11.6. The van der Waals surface area contributed by atoms with Crippen LogP contribution in [0.15, 0.2) is 18.6 Å². The average Bonchev–Trinajstić information content (AvgIpc) is 2.33. The second-order valence-electron chi connectivity index (χ2n) is 3.23. The highest BCUT2D eigenvalue weighted by Gasteiger charge is 2.36. The molecule has 5 nitrogen and oxygen atoms in total. The summed E-state index contributed by atoms with van der Waals surface area (Å²) in [5.41, 5.74) is -1.33. The molecular formula is C9H9Cl2N3O2. The van der Waals surface area contributed by atoms with Crippen LogP contribution in [0, 0.1) is 0 Å². The first-order valence-electron chi connectivity index (χ1n) is 4.63. The van der Waals surface area contributed by atoms with Gasteiger partial charge in [-0.2, -0.15) is 0 Å². The van der Waals surface area contributed by atoms with Gasteiger partial charge in [0.05, 0.1) is 12.8 Å². The van der Waals surface area contributed by atoms with Gasteiger partial charge in [-0.05, 0) is 0 Å². The summed E-state index contributed by atoms with van der Waals surface area (Å²) in [5, 5.41) is 0. The number of rotatable bonds is 2. The van der Waals surface area contributed by atoms with Gasteiger partial charge >= 0.3 is 0 Å². The SMILES string of the molecule is O=CC1COC(Cl)C(Cl)N1c1cnccn1.